The van der Waals surface area contributed by atoms with Crippen molar-refractivity contribution in [3.63, 3.8) is 0 Å². The second-order valence-electron chi connectivity index (χ2n) is 19.8. The summed E-state index contributed by atoms with van der Waals surface area (Å²) in [6.07, 6.45) is 1.43. The van der Waals surface area contributed by atoms with E-state index in [4.69, 9.17) is 60.0 Å². The number of aromatic hydroxyl groups is 2. The molecule has 5 aromatic rings. The Balaban J connectivity index is 1.62. The van der Waals surface area contributed by atoms with Crippen molar-refractivity contribution >= 4 is 103 Å². The van der Waals surface area contributed by atoms with Gasteiger partial charge in [-0.25, -0.2) is 4.79 Å². The maximum Gasteiger partial charge on any atom is 0.333 e. The van der Waals surface area contributed by atoms with Crippen molar-refractivity contribution < 1.29 is 47.8 Å². The molecule has 0 aliphatic carbocycles. The van der Waals surface area contributed by atoms with Gasteiger partial charge in [-0.05, 0) is 101 Å². The molecule has 20 heteroatoms. The molecule has 2 aliphatic heterocycles. The van der Waals surface area contributed by atoms with Gasteiger partial charge in [0.2, 0.25) is 17.6 Å². The van der Waals surface area contributed by atoms with E-state index in [-0.39, 0.29) is 53.3 Å². The van der Waals surface area contributed by atoms with E-state index in [9.17, 15) is 34.2 Å². The molecule has 0 unspecified atom stereocenters. The molecule has 362 valence electrons. The number of hydrogen-bond donors (Lipinski definition) is 6. The number of carbonyl (C=O) groups excluding carboxylic acids is 5. The molecular formula is C48H54Cl4N4O10Si2. The van der Waals surface area contributed by atoms with Crippen LogP contribution in [0.25, 0.3) is 22.0 Å². The molecule has 6 bridgehead atoms. The number of halogens is 4. The van der Waals surface area contributed by atoms with Crippen molar-refractivity contribution in [3.05, 3.63) is 103 Å². The van der Waals surface area contributed by atoms with E-state index in [0.717, 1.165) is 12.1 Å². The number of ether oxygens (including phenoxy) is 1. The minimum atomic E-state index is -2.67. The first-order chi connectivity index (χ1) is 31.4. The second-order valence-corrected chi connectivity index (χ2v) is 30.9. The molecule has 3 atom stereocenters. The number of rotatable bonds is 9. The normalized spacial score (nSPS) is 17.1. The van der Waals surface area contributed by atoms with Gasteiger partial charge in [0.25, 0.3) is 22.5 Å². The van der Waals surface area contributed by atoms with Crippen molar-refractivity contribution in [1.29, 1.82) is 0 Å². The fraction of sp³-hybridized carbons (Fsp3) is 0.354. The number of fused-ring (bicyclic) bond motifs is 8. The third kappa shape index (κ3) is 10.6. The predicted molar refractivity (Wildman–Crippen MR) is 269 cm³/mol. The van der Waals surface area contributed by atoms with Gasteiger partial charge in [-0.3, -0.25) is 19.2 Å². The van der Waals surface area contributed by atoms with Gasteiger partial charge in [-0.2, -0.15) is 0 Å². The summed E-state index contributed by atoms with van der Waals surface area (Å²) < 4.78 is 19.6. The van der Waals surface area contributed by atoms with Crippen molar-refractivity contribution in [2.75, 3.05) is 7.11 Å². The summed E-state index contributed by atoms with van der Waals surface area (Å²) in [6, 6.07) is 8.72. The molecule has 2 aliphatic rings. The number of H-pyrrole nitrogens is 1. The molecule has 4 aromatic carbocycles. The lowest BCUT2D eigenvalue weighted by Crippen LogP contribution is -2.53. The van der Waals surface area contributed by atoms with Gasteiger partial charge in [-0.15, -0.1) is 0 Å². The first-order valence-corrected chi connectivity index (χ1v) is 28.8. The molecule has 6 N–H and O–H groups in total. The van der Waals surface area contributed by atoms with Crippen LogP contribution in [0.15, 0.2) is 60.8 Å². The Morgan fingerprint density at radius 3 is 1.85 bits per heavy atom. The van der Waals surface area contributed by atoms with Gasteiger partial charge >= 0.3 is 5.97 Å². The van der Waals surface area contributed by atoms with E-state index in [0.29, 0.717) is 39.1 Å². The maximum atomic E-state index is 14.9. The van der Waals surface area contributed by atoms with Crippen molar-refractivity contribution in [1.82, 2.24) is 20.9 Å². The van der Waals surface area contributed by atoms with Gasteiger partial charge in [0.15, 0.2) is 23.3 Å². The molecule has 0 saturated carbocycles. The van der Waals surface area contributed by atoms with Gasteiger partial charge in [0.1, 0.15) is 17.8 Å². The average Bonchev–Trinajstić information content (AvgIpc) is 3.65. The molecule has 7 rings (SSSR count). The Bertz CT molecular complexity index is 2830. The lowest BCUT2D eigenvalue weighted by molar-refractivity contribution is -0.145. The number of aromatic amines is 1. The van der Waals surface area contributed by atoms with E-state index < -0.39 is 75.7 Å². The summed E-state index contributed by atoms with van der Waals surface area (Å²) in [4.78, 5) is 74.3. The summed E-state index contributed by atoms with van der Waals surface area (Å²) in [5.41, 5.74) is 2.31. The number of benzene rings is 4. The predicted octanol–water partition coefficient (Wildman–Crippen LogP) is 10.7. The molecule has 0 fully saturated rings. The average molecular weight is 1040 g/mol. The summed E-state index contributed by atoms with van der Waals surface area (Å²) in [6.45, 7) is 21.1. The van der Waals surface area contributed by atoms with Crippen LogP contribution in [0.3, 0.4) is 0 Å². The highest BCUT2D eigenvalue weighted by molar-refractivity contribution is 6.75. The van der Waals surface area contributed by atoms with E-state index >= 15 is 0 Å². The monoisotopic (exact) mass is 1040 g/mol. The van der Waals surface area contributed by atoms with Gasteiger partial charge in [-0.1, -0.05) is 100 Å². The number of hydrogen-bond acceptors (Lipinski definition) is 10. The smallest absolute Gasteiger partial charge is 0.333 e. The van der Waals surface area contributed by atoms with Crippen LogP contribution in [0.5, 0.6) is 23.0 Å². The number of phenolic OH excluding ortho intramolecular Hbond substituents is 2. The molecule has 0 radical (unpaired) electrons. The van der Waals surface area contributed by atoms with Crippen LogP contribution in [0.1, 0.15) is 80.7 Å². The van der Waals surface area contributed by atoms with Crippen LogP contribution in [0, 0.1) is 0 Å². The Kier molecular flexibility index (Phi) is 14.8. The van der Waals surface area contributed by atoms with E-state index in [1.165, 1.54) is 19.2 Å². The Labute approximate surface area is 416 Å². The maximum absolute atomic E-state index is 14.9. The molecule has 0 saturated heterocycles. The number of carbonyl (C=O) groups is 5. The van der Waals surface area contributed by atoms with Crippen LogP contribution in [0.2, 0.25) is 56.4 Å². The fourth-order valence-corrected chi connectivity index (χ4v) is 9.97. The summed E-state index contributed by atoms with van der Waals surface area (Å²) in [7, 11) is -4.14. The largest absolute Gasteiger partial charge is 0.541 e. The zero-order valence-electron chi connectivity index (χ0n) is 39.4. The highest BCUT2D eigenvalue weighted by atomic mass is 35.5. The van der Waals surface area contributed by atoms with E-state index in [1.807, 2.05) is 18.2 Å². The fourth-order valence-electron chi connectivity index (χ4n) is 6.94. The van der Waals surface area contributed by atoms with E-state index in [2.05, 4.69) is 88.7 Å². The first-order valence-electron chi connectivity index (χ1n) is 21.5. The lowest BCUT2D eigenvalue weighted by Gasteiger charge is -2.40. The van der Waals surface area contributed by atoms with Crippen molar-refractivity contribution in [2.45, 2.75) is 102 Å². The lowest BCUT2D eigenvalue weighted by atomic mass is 9.95. The molecule has 3 amide bonds. The molecule has 14 nitrogen and oxygen atoms in total. The van der Waals surface area contributed by atoms with Crippen LogP contribution in [0.4, 0.5) is 0 Å². The van der Waals surface area contributed by atoms with Crippen molar-refractivity contribution in [3.8, 4) is 34.1 Å². The number of Topliss-reactive ketones (excluding diaryl/α,β-unsaturated/α-hetero) is 1. The molecule has 0 spiro atoms. The first kappa shape index (κ1) is 52.1. The third-order valence-electron chi connectivity index (χ3n) is 13.0. The van der Waals surface area contributed by atoms with Gasteiger partial charge in [0, 0.05) is 34.6 Å². The molecular weight excluding hydrogens is 991 g/mol. The van der Waals surface area contributed by atoms with Gasteiger partial charge in [0.05, 0.1) is 27.2 Å². The highest BCUT2D eigenvalue weighted by Crippen LogP contribution is 2.49. The Hall–Kier alpha value is -5.24. The zero-order valence-corrected chi connectivity index (χ0v) is 44.4. The number of amides is 3. The number of methoxy groups -OCH3 is 1. The topological polar surface area (TPSA) is 205 Å². The number of aromatic nitrogens is 1. The Morgan fingerprint density at radius 2 is 1.29 bits per heavy atom. The SMILES string of the molecule is COC(=O)[C@@H]1NC(=O)[C@@H](c2cc(Cl)c(O)c(Cl)c2)NC(=O)[C@H](NC(=O)C(=O)c2cc(Cl)c(O)c(Cl)c2)Cc2c[nH]c3cc(ccc23)-c2cc1cc(O[Si](C)(C)C(C)(C)C)c2O[Si](C)(C)C(C)(C)C. The van der Waals surface area contributed by atoms with Crippen molar-refractivity contribution in [2.24, 2.45) is 0 Å². The zero-order chi connectivity index (χ0) is 50.6. The molecule has 3 heterocycles. The summed E-state index contributed by atoms with van der Waals surface area (Å²) >= 11 is 24.9. The van der Waals surface area contributed by atoms with Crippen LogP contribution in [-0.2, 0) is 30.3 Å². The summed E-state index contributed by atoms with van der Waals surface area (Å²) in [5.74, 6) is -5.36. The number of phenols is 2. The molecule has 1 aromatic heterocycles. The second kappa shape index (κ2) is 19.3. The number of esters is 1. The van der Waals surface area contributed by atoms with Crippen LogP contribution < -0.4 is 24.8 Å². The minimum Gasteiger partial charge on any atom is -0.541 e. The minimum absolute atomic E-state index is 0.0254. The molecule has 68 heavy (non-hydrogen) atoms. The standard InChI is InChI=1S/C48H54Cl4N4O10Si2/c1-47(2,3)67(8,9)65-36-21-24-14-29(42(36)66-68(10,11)48(4,5)6)23-12-13-28-27(22-53-34(28)19-23)20-35(54-45(62)39(57)26-17-32(51)41(59)33(52)18-26)43(60)55-37(44(61)56-38(24)46(63)64-7)25-15-30(49)40(58)31(50)16-25/h12-19,21-22,35,37-38,53,58-59H,20H2,1-11H3,(H,54,62)(H,55,60)(H,56,61)/t35-,37-,38-/m1/s1. The van der Waals surface area contributed by atoms with Gasteiger partial charge < -0.3 is 44.7 Å². The quantitative estimate of drug-likeness (QED) is 0.0357. The number of nitrogens with one attached hydrogen (secondary N) is 4. The number of ketones is 1. The summed E-state index contributed by atoms with van der Waals surface area (Å²) in [5, 5.41) is 27.5. The highest BCUT2D eigenvalue weighted by Gasteiger charge is 2.44. The third-order valence-corrected chi connectivity index (χ3v) is 22.8. The van der Waals surface area contributed by atoms with Crippen LogP contribution in [-0.4, -0.2) is 74.5 Å². The van der Waals surface area contributed by atoms with E-state index in [1.54, 1.807) is 18.3 Å². The Morgan fingerprint density at radius 1 is 0.735 bits per heavy atom. The van der Waals surface area contributed by atoms with Crippen LogP contribution >= 0.6 is 46.4 Å².